The lowest BCUT2D eigenvalue weighted by Crippen LogP contribution is -2.25. The van der Waals surface area contributed by atoms with E-state index in [9.17, 15) is 9.90 Å². The standard InChI is InChI=1S/C29H32N2O8/c1-17(20-8-6-7-9-22(20)32)30-31-28(33)16-38-19-14-24(34-2)21-10-11-23(39-25(21)15-19)18-12-26(35-3)29(37-5)27(13-18)36-4/h6-9,12-15,23,32H,10-11,16H2,1-5H3,(H,31,33)/b30-17+. The molecule has 3 aromatic rings. The summed E-state index contributed by atoms with van der Waals surface area (Å²) in [6.45, 7) is 1.40. The largest absolute Gasteiger partial charge is 0.507 e. The van der Waals surface area contributed by atoms with E-state index < -0.39 is 5.91 Å². The molecule has 39 heavy (non-hydrogen) atoms. The molecule has 0 bridgehead atoms. The molecule has 0 spiro atoms. The number of ether oxygens (including phenoxy) is 6. The predicted octanol–water partition coefficient (Wildman–Crippen LogP) is 4.41. The van der Waals surface area contributed by atoms with Gasteiger partial charge in [0.1, 0.15) is 29.1 Å². The van der Waals surface area contributed by atoms with Crippen molar-refractivity contribution in [3.05, 3.63) is 65.2 Å². The summed E-state index contributed by atoms with van der Waals surface area (Å²) in [5.74, 6) is 2.84. The van der Waals surface area contributed by atoms with Gasteiger partial charge >= 0.3 is 0 Å². The first-order chi connectivity index (χ1) is 18.9. The van der Waals surface area contributed by atoms with E-state index >= 15 is 0 Å². The summed E-state index contributed by atoms with van der Waals surface area (Å²) in [5.41, 5.74) is 5.22. The van der Waals surface area contributed by atoms with Crippen molar-refractivity contribution in [2.24, 2.45) is 5.10 Å². The summed E-state index contributed by atoms with van der Waals surface area (Å²) in [6, 6.07) is 14.0. The van der Waals surface area contributed by atoms with Crippen molar-refractivity contribution in [1.29, 1.82) is 0 Å². The van der Waals surface area contributed by atoms with E-state index in [1.807, 2.05) is 12.1 Å². The maximum atomic E-state index is 12.4. The first-order valence-electron chi connectivity index (χ1n) is 12.3. The number of amides is 1. The van der Waals surface area contributed by atoms with Gasteiger partial charge in [-0.3, -0.25) is 4.79 Å². The second-order valence-electron chi connectivity index (χ2n) is 8.74. The van der Waals surface area contributed by atoms with Crippen LogP contribution in [0.2, 0.25) is 0 Å². The fourth-order valence-corrected chi connectivity index (χ4v) is 4.39. The molecule has 3 aromatic carbocycles. The topological polar surface area (TPSA) is 117 Å². The van der Waals surface area contributed by atoms with Crippen molar-refractivity contribution in [2.45, 2.75) is 25.9 Å². The number of phenols is 1. The molecule has 0 saturated heterocycles. The minimum absolute atomic E-state index is 0.0789. The number of hydrogen-bond donors (Lipinski definition) is 2. The number of phenolic OH excluding ortho intramolecular Hbond substituents is 1. The number of carbonyl (C=O) groups excluding carboxylic acids is 1. The van der Waals surface area contributed by atoms with Crippen LogP contribution in [-0.2, 0) is 11.2 Å². The van der Waals surface area contributed by atoms with Crippen molar-refractivity contribution in [1.82, 2.24) is 5.43 Å². The van der Waals surface area contributed by atoms with Crippen molar-refractivity contribution in [3.8, 4) is 40.2 Å². The van der Waals surface area contributed by atoms with Gasteiger partial charge in [-0.05, 0) is 49.6 Å². The number of para-hydroxylation sites is 1. The molecule has 10 heteroatoms. The number of benzene rings is 3. The minimum Gasteiger partial charge on any atom is -0.507 e. The van der Waals surface area contributed by atoms with Gasteiger partial charge in [0.2, 0.25) is 5.75 Å². The highest BCUT2D eigenvalue weighted by molar-refractivity contribution is 6.01. The van der Waals surface area contributed by atoms with Crippen LogP contribution in [0.25, 0.3) is 0 Å². The van der Waals surface area contributed by atoms with Gasteiger partial charge in [-0.1, -0.05) is 12.1 Å². The smallest absolute Gasteiger partial charge is 0.277 e. The fraction of sp³-hybridized carbons (Fsp3) is 0.310. The first kappa shape index (κ1) is 27.4. The highest BCUT2D eigenvalue weighted by Crippen LogP contribution is 2.45. The van der Waals surface area contributed by atoms with E-state index in [-0.39, 0.29) is 18.5 Å². The number of aromatic hydroxyl groups is 1. The lowest BCUT2D eigenvalue weighted by atomic mass is 9.96. The van der Waals surface area contributed by atoms with Crippen LogP contribution in [0.1, 0.15) is 36.1 Å². The average Bonchev–Trinajstić information content (AvgIpc) is 2.97. The number of carbonyl (C=O) groups is 1. The third-order valence-corrected chi connectivity index (χ3v) is 6.36. The number of fused-ring (bicyclic) bond motifs is 1. The van der Waals surface area contributed by atoms with Crippen LogP contribution in [0.3, 0.4) is 0 Å². The number of hydrogen-bond acceptors (Lipinski definition) is 9. The molecular formula is C29H32N2O8. The Morgan fingerprint density at radius 3 is 2.33 bits per heavy atom. The van der Waals surface area contributed by atoms with Gasteiger partial charge in [0.15, 0.2) is 18.1 Å². The Kier molecular flexibility index (Phi) is 8.65. The van der Waals surface area contributed by atoms with Gasteiger partial charge in [-0.15, -0.1) is 0 Å². The van der Waals surface area contributed by atoms with Gasteiger partial charge in [-0.2, -0.15) is 5.10 Å². The molecule has 0 fully saturated rings. The Labute approximate surface area is 227 Å². The molecule has 1 amide bonds. The number of rotatable bonds is 10. The number of hydrazone groups is 1. The number of nitrogens with one attached hydrogen (secondary N) is 1. The minimum atomic E-state index is -0.460. The molecule has 2 N–H and O–H groups in total. The third kappa shape index (κ3) is 6.11. The maximum absolute atomic E-state index is 12.4. The molecule has 1 aliphatic rings. The van der Waals surface area contributed by atoms with Crippen molar-refractivity contribution in [3.63, 3.8) is 0 Å². The highest BCUT2D eigenvalue weighted by atomic mass is 16.5. The molecule has 0 aliphatic carbocycles. The summed E-state index contributed by atoms with van der Waals surface area (Å²) in [5, 5.41) is 14.0. The quantitative estimate of drug-likeness (QED) is 0.289. The molecule has 0 radical (unpaired) electrons. The highest BCUT2D eigenvalue weighted by Gasteiger charge is 2.27. The number of methoxy groups -OCH3 is 4. The Balaban J connectivity index is 1.48. The lowest BCUT2D eigenvalue weighted by molar-refractivity contribution is -0.123. The summed E-state index contributed by atoms with van der Waals surface area (Å²) in [6.07, 6.45) is 1.14. The Morgan fingerprint density at radius 2 is 1.69 bits per heavy atom. The Morgan fingerprint density at radius 1 is 1.00 bits per heavy atom. The molecule has 1 heterocycles. The second-order valence-corrected chi connectivity index (χ2v) is 8.74. The summed E-state index contributed by atoms with van der Waals surface area (Å²) >= 11 is 0. The third-order valence-electron chi connectivity index (χ3n) is 6.36. The van der Waals surface area contributed by atoms with Crippen LogP contribution in [0.5, 0.6) is 40.2 Å². The second kappa shape index (κ2) is 12.3. The average molecular weight is 537 g/mol. The molecule has 1 aliphatic heterocycles. The summed E-state index contributed by atoms with van der Waals surface area (Å²) < 4.78 is 34.1. The van der Waals surface area contributed by atoms with Gasteiger partial charge in [-0.25, -0.2) is 5.43 Å². The molecule has 4 rings (SSSR count). The summed E-state index contributed by atoms with van der Waals surface area (Å²) in [4.78, 5) is 12.4. The predicted molar refractivity (Wildman–Crippen MR) is 145 cm³/mol. The monoisotopic (exact) mass is 536 g/mol. The zero-order valence-corrected chi connectivity index (χ0v) is 22.6. The van der Waals surface area contributed by atoms with Crippen LogP contribution in [0.4, 0.5) is 0 Å². The molecule has 0 aromatic heterocycles. The molecular weight excluding hydrogens is 504 g/mol. The van der Waals surface area contributed by atoms with E-state index in [0.29, 0.717) is 58.6 Å². The molecule has 10 nitrogen and oxygen atoms in total. The zero-order valence-electron chi connectivity index (χ0n) is 22.6. The van der Waals surface area contributed by atoms with E-state index in [0.717, 1.165) is 11.1 Å². The van der Waals surface area contributed by atoms with E-state index in [1.165, 1.54) is 0 Å². The molecule has 1 atom stereocenters. The van der Waals surface area contributed by atoms with E-state index in [4.69, 9.17) is 28.4 Å². The lowest BCUT2D eigenvalue weighted by Gasteiger charge is -2.29. The Hall–Kier alpha value is -4.60. The van der Waals surface area contributed by atoms with Gasteiger partial charge in [0.25, 0.3) is 5.91 Å². The van der Waals surface area contributed by atoms with Gasteiger partial charge in [0.05, 0.1) is 34.2 Å². The van der Waals surface area contributed by atoms with Crippen LogP contribution in [-0.4, -0.2) is 51.8 Å². The van der Waals surface area contributed by atoms with Crippen LogP contribution in [0.15, 0.2) is 53.6 Å². The zero-order chi connectivity index (χ0) is 27.9. The summed E-state index contributed by atoms with van der Waals surface area (Å²) in [7, 11) is 6.28. The van der Waals surface area contributed by atoms with Crippen LogP contribution < -0.4 is 33.8 Å². The molecule has 0 saturated carbocycles. The van der Waals surface area contributed by atoms with Crippen LogP contribution >= 0.6 is 0 Å². The molecule has 1 unspecified atom stereocenters. The van der Waals surface area contributed by atoms with Gasteiger partial charge < -0.3 is 33.5 Å². The van der Waals surface area contributed by atoms with E-state index in [1.54, 1.807) is 71.8 Å². The first-order valence-corrected chi connectivity index (χ1v) is 12.3. The van der Waals surface area contributed by atoms with Crippen LogP contribution in [0, 0.1) is 0 Å². The Bertz CT molecular complexity index is 1350. The van der Waals surface area contributed by atoms with Crippen molar-refractivity contribution in [2.75, 3.05) is 35.0 Å². The van der Waals surface area contributed by atoms with E-state index in [2.05, 4.69) is 10.5 Å². The van der Waals surface area contributed by atoms with Crippen molar-refractivity contribution < 1.29 is 38.3 Å². The molecule has 206 valence electrons. The van der Waals surface area contributed by atoms with Gasteiger partial charge in [0, 0.05) is 23.3 Å². The maximum Gasteiger partial charge on any atom is 0.277 e. The van der Waals surface area contributed by atoms with Crippen molar-refractivity contribution >= 4 is 11.6 Å². The normalized spacial score (nSPS) is 14.5. The fourth-order valence-electron chi connectivity index (χ4n) is 4.39. The SMILES string of the molecule is COc1cc(OCC(=O)N/N=C(\C)c2ccccc2O)cc2c1CCC(c1cc(OC)c(OC)c(OC)c1)O2. The number of nitrogens with zero attached hydrogens (tertiary/aromatic N) is 1.